The number of para-hydroxylation sites is 1. The second-order valence-electron chi connectivity index (χ2n) is 5.27. The van der Waals surface area contributed by atoms with E-state index in [1.54, 1.807) is 25.1 Å². The monoisotopic (exact) mass is 251 g/mol. The number of aliphatic hydroxyl groups excluding tert-OH is 1. The summed E-state index contributed by atoms with van der Waals surface area (Å²) >= 11 is 0. The maximum atomic E-state index is 12.0. The van der Waals surface area contributed by atoms with Crippen molar-refractivity contribution in [2.24, 2.45) is 0 Å². The normalized spacial score (nSPS) is 12.9. The molecule has 0 aliphatic rings. The van der Waals surface area contributed by atoms with Crippen molar-refractivity contribution in [3.05, 3.63) is 29.8 Å². The van der Waals surface area contributed by atoms with Crippen LogP contribution in [0.25, 0.3) is 0 Å². The molecule has 0 radical (unpaired) electrons. The Kier molecular flexibility index (Phi) is 4.73. The summed E-state index contributed by atoms with van der Waals surface area (Å²) < 4.78 is 5.74. The molecule has 1 aromatic carbocycles. The van der Waals surface area contributed by atoms with Crippen LogP contribution < -0.4 is 10.1 Å². The zero-order valence-electron chi connectivity index (χ0n) is 11.4. The highest BCUT2D eigenvalue weighted by atomic mass is 16.5. The van der Waals surface area contributed by atoms with Crippen LogP contribution in [0.3, 0.4) is 0 Å². The predicted octanol–water partition coefficient (Wildman–Crippen LogP) is 1.97. The van der Waals surface area contributed by atoms with Crippen molar-refractivity contribution in [2.45, 2.75) is 39.4 Å². The average molecular weight is 251 g/mol. The summed E-state index contributed by atoms with van der Waals surface area (Å²) in [4.78, 5) is 12.0. The first-order chi connectivity index (χ1) is 8.29. The van der Waals surface area contributed by atoms with Gasteiger partial charge in [0, 0.05) is 6.54 Å². The van der Waals surface area contributed by atoms with Gasteiger partial charge < -0.3 is 15.2 Å². The summed E-state index contributed by atoms with van der Waals surface area (Å²) in [5, 5.41) is 11.8. The minimum atomic E-state index is -0.565. The van der Waals surface area contributed by atoms with Gasteiger partial charge in [0.2, 0.25) is 0 Å². The number of hydrogen-bond acceptors (Lipinski definition) is 3. The molecule has 0 spiro atoms. The SMILES string of the molecule is CC(O)CNC(=O)c1ccccc1OC(C)(C)C. The smallest absolute Gasteiger partial charge is 0.255 e. The summed E-state index contributed by atoms with van der Waals surface area (Å²) in [6.45, 7) is 7.63. The van der Waals surface area contributed by atoms with Crippen LogP contribution in [0.15, 0.2) is 24.3 Å². The van der Waals surface area contributed by atoms with E-state index in [-0.39, 0.29) is 18.1 Å². The second-order valence-corrected chi connectivity index (χ2v) is 5.27. The fraction of sp³-hybridized carbons (Fsp3) is 0.500. The predicted molar refractivity (Wildman–Crippen MR) is 70.8 cm³/mol. The van der Waals surface area contributed by atoms with Gasteiger partial charge >= 0.3 is 0 Å². The first-order valence-corrected chi connectivity index (χ1v) is 6.04. The van der Waals surface area contributed by atoms with Crippen molar-refractivity contribution < 1.29 is 14.6 Å². The summed E-state index contributed by atoms with van der Waals surface area (Å²) in [5.74, 6) is 0.309. The Balaban J connectivity index is 2.84. The Morgan fingerprint density at radius 2 is 2.00 bits per heavy atom. The quantitative estimate of drug-likeness (QED) is 0.860. The Morgan fingerprint density at radius 1 is 1.39 bits per heavy atom. The highest BCUT2D eigenvalue weighted by Gasteiger charge is 2.17. The van der Waals surface area contributed by atoms with E-state index in [9.17, 15) is 4.79 Å². The van der Waals surface area contributed by atoms with Crippen molar-refractivity contribution in [3.8, 4) is 5.75 Å². The molecule has 1 atom stereocenters. The Labute approximate surface area is 108 Å². The lowest BCUT2D eigenvalue weighted by molar-refractivity contribution is 0.0904. The molecule has 18 heavy (non-hydrogen) atoms. The molecule has 0 bridgehead atoms. The number of aliphatic hydroxyl groups is 1. The third-order valence-electron chi connectivity index (χ3n) is 2.11. The average Bonchev–Trinajstić information content (AvgIpc) is 2.24. The largest absolute Gasteiger partial charge is 0.487 e. The van der Waals surface area contributed by atoms with Crippen LogP contribution in [0, 0.1) is 0 Å². The van der Waals surface area contributed by atoms with Crippen LogP contribution in [0.5, 0.6) is 5.75 Å². The van der Waals surface area contributed by atoms with Crippen LogP contribution in [0.2, 0.25) is 0 Å². The molecule has 0 saturated heterocycles. The minimum Gasteiger partial charge on any atom is -0.487 e. The lowest BCUT2D eigenvalue weighted by Gasteiger charge is -2.23. The molecule has 1 rings (SSSR count). The third kappa shape index (κ3) is 4.75. The number of rotatable bonds is 4. The van der Waals surface area contributed by atoms with Gasteiger partial charge in [0.15, 0.2) is 0 Å². The molecule has 0 aromatic heterocycles. The van der Waals surface area contributed by atoms with Crippen LogP contribution in [0.1, 0.15) is 38.1 Å². The maximum absolute atomic E-state index is 12.0. The van der Waals surface area contributed by atoms with Crippen LogP contribution in [-0.4, -0.2) is 29.3 Å². The van der Waals surface area contributed by atoms with E-state index in [0.29, 0.717) is 11.3 Å². The number of nitrogens with one attached hydrogen (secondary N) is 1. The molecule has 2 N–H and O–H groups in total. The first-order valence-electron chi connectivity index (χ1n) is 6.04. The van der Waals surface area contributed by atoms with Gasteiger partial charge in [-0.15, -0.1) is 0 Å². The number of carbonyl (C=O) groups excluding carboxylic acids is 1. The molecule has 0 fully saturated rings. The second kappa shape index (κ2) is 5.87. The topological polar surface area (TPSA) is 58.6 Å². The van der Waals surface area contributed by atoms with E-state index < -0.39 is 6.10 Å². The fourth-order valence-electron chi connectivity index (χ4n) is 1.41. The van der Waals surface area contributed by atoms with Crippen molar-refractivity contribution in [2.75, 3.05) is 6.54 Å². The number of carbonyl (C=O) groups is 1. The van der Waals surface area contributed by atoms with Crippen molar-refractivity contribution in [3.63, 3.8) is 0 Å². The van der Waals surface area contributed by atoms with Crippen LogP contribution in [0.4, 0.5) is 0 Å². The van der Waals surface area contributed by atoms with Crippen molar-refractivity contribution in [1.29, 1.82) is 0 Å². The maximum Gasteiger partial charge on any atom is 0.255 e. The lowest BCUT2D eigenvalue weighted by atomic mass is 10.1. The van der Waals surface area contributed by atoms with E-state index in [4.69, 9.17) is 9.84 Å². The van der Waals surface area contributed by atoms with Gasteiger partial charge in [-0.1, -0.05) is 12.1 Å². The molecular weight excluding hydrogens is 230 g/mol. The zero-order valence-corrected chi connectivity index (χ0v) is 11.4. The lowest BCUT2D eigenvalue weighted by Crippen LogP contribution is -2.31. The number of benzene rings is 1. The number of hydrogen-bond donors (Lipinski definition) is 2. The van der Waals surface area contributed by atoms with E-state index in [1.165, 1.54) is 0 Å². The Bertz CT molecular complexity index is 408. The van der Waals surface area contributed by atoms with E-state index in [2.05, 4.69) is 5.32 Å². The zero-order chi connectivity index (χ0) is 13.8. The molecule has 0 aliphatic heterocycles. The summed E-state index contributed by atoms with van der Waals surface area (Å²) in [5.41, 5.74) is 0.119. The van der Waals surface area contributed by atoms with Gasteiger partial charge in [0.05, 0.1) is 11.7 Å². The van der Waals surface area contributed by atoms with Crippen LogP contribution in [-0.2, 0) is 0 Å². The van der Waals surface area contributed by atoms with Crippen molar-refractivity contribution in [1.82, 2.24) is 5.32 Å². The molecule has 1 aromatic rings. The highest BCUT2D eigenvalue weighted by Crippen LogP contribution is 2.22. The molecule has 1 unspecified atom stereocenters. The van der Waals surface area contributed by atoms with Gasteiger partial charge in [-0.3, -0.25) is 4.79 Å². The van der Waals surface area contributed by atoms with Gasteiger partial charge in [0.1, 0.15) is 11.4 Å². The molecule has 0 aliphatic carbocycles. The Hall–Kier alpha value is -1.55. The van der Waals surface area contributed by atoms with Gasteiger partial charge in [-0.25, -0.2) is 0 Å². The molecule has 100 valence electrons. The van der Waals surface area contributed by atoms with E-state index in [0.717, 1.165) is 0 Å². The molecule has 1 amide bonds. The molecule has 0 saturated carbocycles. The highest BCUT2D eigenvalue weighted by molar-refractivity contribution is 5.96. The first kappa shape index (κ1) is 14.5. The van der Waals surface area contributed by atoms with Gasteiger partial charge in [-0.2, -0.15) is 0 Å². The fourth-order valence-corrected chi connectivity index (χ4v) is 1.41. The Morgan fingerprint density at radius 3 is 2.56 bits per heavy atom. The standard InChI is InChI=1S/C14H21NO3/c1-10(16)9-15-13(17)11-7-5-6-8-12(11)18-14(2,3)4/h5-8,10,16H,9H2,1-4H3,(H,15,17). The summed E-state index contributed by atoms with van der Waals surface area (Å²) in [7, 11) is 0. The van der Waals surface area contributed by atoms with Crippen LogP contribution >= 0.6 is 0 Å². The molecule has 0 heterocycles. The van der Waals surface area contributed by atoms with Crippen molar-refractivity contribution >= 4 is 5.91 Å². The molecular formula is C14H21NO3. The minimum absolute atomic E-state index is 0.225. The van der Waals surface area contributed by atoms with Gasteiger partial charge in [0.25, 0.3) is 5.91 Å². The number of amides is 1. The van der Waals surface area contributed by atoms with E-state index >= 15 is 0 Å². The molecule has 4 heteroatoms. The van der Waals surface area contributed by atoms with E-state index in [1.807, 2.05) is 26.8 Å². The van der Waals surface area contributed by atoms with Gasteiger partial charge in [-0.05, 0) is 39.8 Å². The molecule has 4 nitrogen and oxygen atoms in total. The summed E-state index contributed by atoms with van der Waals surface area (Å²) in [6, 6.07) is 7.08. The number of ether oxygens (including phenoxy) is 1. The summed E-state index contributed by atoms with van der Waals surface area (Å²) in [6.07, 6.45) is -0.565. The third-order valence-corrected chi connectivity index (χ3v) is 2.11.